The van der Waals surface area contributed by atoms with E-state index in [0.717, 1.165) is 56.7 Å². The lowest BCUT2D eigenvalue weighted by molar-refractivity contribution is 0.119. The molecule has 0 aromatic heterocycles. The van der Waals surface area contributed by atoms with Crippen molar-refractivity contribution in [3.8, 4) is 11.5 Å². The van der Waals surface area contributed by atoms with E-state index >= 15 is 0 Å². The van der Waals surface area contributed by atoms with Crippen LogP contribution in [0.4, 0.5) is 0 Å². The number of halogens is 1. The number of hydrogen-bond acceptors (Lipinski definition) is 5. The van der Waals surface area contributed by atoms with Gasteiger partial charge in [-0.1, -0.05) is 6.07 Å². The number of piperazine rings is 1. The molecule has 0 saturated carbocycles. The van der Waals surface area contributed by atoms with Crippen molar-refractivity contribution in [2.24, 2.45) is 4.99 Å². The van der Waals surface area contributed by atoms with Crippen LogP contribution in [0.3, 0.4) is 0 Å². The Bertz CT molecular complexity index is 643. The van der Waals surface area contributed by atoms with Crippen LogP contribution in [0.25, 0.3) is 0 Å². The number of hydrogen-bond donors (Lipinski definition) is 1. The topological polar surface area (TPSA) is 52.6 Å². The van der Waals surface area contributed by atoms with Crippen LogP contribution < -0.4 is 14.8 Å². The van der Waals surface area contributed by atoms with Gasteiger partial charge in [0.2, 0.25) is 6.79 Å². The minimum absolute atomic E-state index is 0. The molecule has 8 heteroatoms. The maximum Gasteiger partial charge on any atom is 0.231 e. The van der Waals surface area contributed by atoms with Gasteiger partial charge >= 0.3 is 0 Å². The number of benzene rings is 1. The van der Waals surface area contributed by atoms with E-state index in [-0.39, 0.29) is 24.0 Å². The highest BCUT2D eigenvalue weighted by molar-refractivity contribution is 14.0. The summed E-state index contributed by atoms with van der Waals surface area (Å²) in [6.07, 6.45) is 0. The fourth-order valence-corrected chi connectivity index (χ4v) is 3.35. The van der Waals surface area contributed by atoms with Crippen LogP contribution >= 0.6 is 24.0 Å². The second kappa shape index (κ2) is 10.3. The van der Waals surface area contributed by atoms with Crippen molar-refractivity contribution in [2.45, 2.75) is 19.5 Å². The number of rotatable bonds is 5. The summed E-state index contributed by atoms with van der Waals surface area (Å²) >= 11 is 0. The molecule has 1 aromatic carbocycles. The Balaban J connectivity index is 0.00000261. The minimum atomic E-state index is 0. The zero-order chi connectivity index (χ0) is 18.5. The molecule has 27 heavy (non-hydrogen) atoms. The second-order valence-electron chi connectivity index (χ2n) is 7.13. The number of guanidine groups is 1. The Morgan fingerprint density at radius 1 is 1.26 bits per heavy atom. The third-order valence-corrected chi connectivity index (χ3v) is 4.99. The number of likely N-dealkylation sites (N-methyl/N-ethyl adjacent to an activating group) is 2. The van der Waals surface area contributed by atoms with Gasteiger partial charge in [0, 0.05) is 45.8 Å². The molecule has 1 aromatic rings. The fourth-order valence-electron chi connectivity index (χ4n) is 3.35. The van der Waals surface area contributed by atoms with Crippen molar-refractivity contribution in [3.05, 3.63) is 23.8 Å². The van der Waals surface area contributed by atoms with Gasteiger partial charge < -0.3 is 24.6 Å². The molecule has 1 fully saturated rings. The van der Waals surface area contributed by atoms with Crippen molar-refractivity contribution in [1.29, 1.82) is 0 Å². The number of aliphatic imine (C=N–C) groups is 1. The molecule has 1 N–H and O–H groups in total. The SMILES string of the molecule is CCNC(=NCC1CN(C)CCN1C)N(C)Cc1ccc2c(c1)OCO2.I. The maximum atomic E-state index is 5.48. The first-order valence-corrected chi connectivity index (χ1v) is 9.33. The van der Waals surface area contributed by atoms with E-state index in [1.165, 1.54) is 5.56 Å². The Morgan fingerprint density at radius 3 is 2.81 bits per heavy atom. The minimum Gasteiger partial charge on any atom is -0.454 e. The predicted octanol–water partition coefficient (Wildman–Crippen LogP) is 1.68. The van der Waals surface area contributed by atoms with Crippen molar-refractivity contribution >= 4 is 29.9 Å². The lowest BCUT2D eigenvalue weighted by Crippen LogP contribution is -2.51. The highest BCUT2D eigenvalue weighted by Crippen LogP contribution is 2.32. The fraction of sp³-hybridized carbons (Fsp3) is 0.632. The smallest absolute Gasteiger partial charge is 0.231 e. The van der Waals surface area contributed by atoms with Crippen LogP contribution in [0.15, 0.2) is 23.2 Å². The van der Waals surface area contributed by atoms with Gasteiger partial charge in [-0.3, -0.25) is 9.89 Å². The van der Waals surface area contributed by atoms with E-state index in [0.29, 0.717) is 12.8 Å². The molecule has 3 rings (SSSR count). The standard InChI is InChI=1S/C19H31N5O2.HI/c1-5-20-19(21-11-16-13-22(2)8-9-23(16)3)24(4)12-15-6-7-17-18(10-15)26-14-25-17;/h6-7,10,16H,5,8-9,11-14H2,1-4H3,(H,20,21);1H. The average molecular weight is 489 g/mol. The molecule has 0 aliphatic carbocycles. The quantitative estimate of drug-likeness (QED) is 0.386. The Labute approximate surface area is 179 Å². The average Bonchev–Trinajstić information content (AvgIpc) is 3.09. The monoisotopic (exact) mass is 489 g/mol. The summed E-state index contributed by atoms with van der Waals surface area (Å²) in [4.78, 5) is 11.8. The van der Waals surface area contributed by atoms with Crippen LogP contribution in [-0.4, -0.2) is 87.4 Å². The van der Waals surface area contributed by atoms with Gasteiger partial charge in [0.15, 0.2) is 17.5 Å². The van der Waals surface area contributed by atoms with Crippen molar-refractivity contribution in [3.63, 3.8) is 0 Å². The Hall–Kier alpha value is -1.26. The highest BCUT2D eigenvalue weighted by Gasteiger charge is 2.22. The summed E-state index contributed by atoms with van der Waals surface area (Å²) < 4.78 is 10.9. The number of fused-ring (bicyclic) bond motifs is 1. The summed E-state index contributed by atoms with van der Waals surface area (Å²) in [6.45, 7) is 8.11. The molecule has 1 saturated heterocycles. The number of ether oxygens (including phenoxy) is 2. The molecule has 0 amide bonds. The van der Waals surface area contributed by atoms with Gasteiger partial charge in [0.25, 0.3) is 0 Å². The number of nitrogens with one attached hydrogen (secondary N) is 1. The van der Waals surface area contributed by atoms with Crippen molar-refractivity contribution in [2.75, 3.05) is 60.7 Å². The van der Waals surface area contributed by atoms with E-state index < -0.39 is 0 Å². The number of nitrogens with zero attached hydrogens (tertiary/aromatic N) is 4. The second-order valence-corrected chi connectivity index (χ2v) is 7.13. The van der Waals surface area contributed by atoms with E-state index in [1.807, 2.05) is 12.1 Å². The van der Waals surface area contributed by atoms with Crippen LogP contribution in [-0.2, 0) is 6.54 Å². The van der Waals surface area contributed by atoms with E-state index in [2.05, 4.69) is 54.1 Å². The molecule has 2 aliphatic heterocycles. The summed E-state index contributed by atoms with van der Waals surface area (Å²) in [5.74, 6) is 2.58. The largest absolute Gasteiger partial charge is 0.454 e. The third kappa shape index (κ3) is 5.86. The first-order chi connectivity index (χ1) is 12.6. The predicted molar refractivity (Wildman–Crippen MR) is 119 cm³/mol. The third-order valence-electron chi connectivity index (χ3n) is 4.99. The van der Waals surface area contributed by atoms with Gasteiger partial charge in [-0.15, -0.1) is 24.0 Å². The lowest BCUT2D eigenvalue weighted by Gasteiger charge is -2.37. The van der Waals surface area contributed by atoms with Gasteiger partial charge in [-0.05, 0) is 38.7 Å². The molecular weight excluding hydrogens is 457 g/mol. The summed E-state index contributed by atoms with van der Waals surface area (Å²) in [7, 11) is 6.44. The van der Waals surface area contributed by atoms with Gasteiger partial charge in [-0.25, -0.2) is 0 Å². The van der Waals surface area contributed by atoms with Gasteiger partial charge in [0.1, 0.15) is 0 Å². The molecule has 0 bridgehead atoms. The van der Waals surface area contributed by atoms with Crippen molar-refractivity contribution in [1.82, 2.24) is 20.0 Å². The van der Waals surface area contributed by atoms with Crippen LogP contribution in [0.5, 0.6) is 11.5 Å². The first kappa shape index (κ1) is 22.0. The molecule has 2 heterocycles. The van der Waals surface area contributed by atoms with E-state index in [1.54, 1.807) is 0 Å². The summed E-state index contributed by atoms with van der Waals surface area (Å²) in [5.41, 5.74) is 1.18. The van der Waals surface area contributed by atoms with Gasteiger partial charge in [0.05, 0.1) is 6.54 Å². The van der Waals surface area contributed by atoms with Crippen LogP contribution in [0, 0.1) is 0 Å². The molecule has 1 unspecified atom stereocenters. The van der Waals surface area contributed by atoms with E-state index in [9.17, 15) is 0 Å². The summed E-state index contributed by atoms with van der Waals surface area (Å²) in [5, 5.41) is 3.41. The molecule has 0 radical (unpaired) electrons. The molecule has 2 aliphatic rings. The Morgan fingerprint density at radius 2 is 2.04 bits per heavy atom. The molecule has 7 nitrogen and oxygen atoms in total. The summed E-state index contributed by atoms with van der Waals surface area (Å²) in [6, 6.07) is 6.56. The normalized spacial score (nSPS) is 20.3. The Kier molecular flexibility index (Phi) is 8.43. The molecule has 0 spiro atoms. The highest BCUT2D eigenvalue weighted by atomic mass is 127. The van der Waals surface area contributed by atoms with E-state index in [4.69, 9.17) is 14.5 Å². The zero-order valence-electron chi connectivity index (χ0n) is 16.8. The molecular formula is C19H32IN5O2. The first-order valence-electron chi connectivity index (χ1n) is 9.33. The van der Waals surface area contributed by atoms with Crippen LogP contribution in [0.2, 0.25) is 0 Å². The zero-order valence-corrected chi connectivity index (χ0v) is 19.1. The lowest BCUT2D eigenvalue weighted by atomic mass is 10.2. The van der Waals surface area contributed by atoms with Crippen LogP contribution in [0.1, 0.15) is 12.5 Å². The molecule has 1 atom stereocenters. The van der Waals surface area contributed by atoms with Crippen molar-refractivity contribution < 1.29 is 9.47 Å². The maximum absolute atomic E-state index is 5.48. The molecule has 152 valence electrons. The van der Waals surface area contributed by atoms with Gasteiger partial charge in [-0.2, -0.15) is 0 Å².